The summed E-state index contributed by atoms with van der Waals surface area (Å²) in [5.74, 6) is 0. The van der Waals surface area contributed by atoms with E-state index in [4.69, 9.17) is 0 Å². The number of hydrogen-bond acceptors (Lipinski definition) is 0. The Hall–Kier alpha value is -0.823. The normalized spacial score (nSPS) is 11.3. The van der Waals surface area contributed by atoms with Gasteiger partial charge in [-0.1, -0.05) is 55.5 Å². The van der Waals surface area contributed by atoms with Crippen LogP contribution in [0.3, 0.4) is 0 Å². The van der Waals surface area contributed by atoms with Crippen LogP contribution in [0.15, 0.2) is 35.9 Å². The minimum Gasteiger partial charge on any atom is -0.0729 e. The smallest absolute Gasteiger partial charge is 0.0487 e. The van der Waals surface area contributed by atoms with Crippen LogP contribution in [0.1, 0.15) is 19.4 Å². The molecule has 1 rings (SSSR count). The molecule has 0 saturated carbocycles. The lowest BCUT2D eigenvalue weighted by atomic mass is 10.0. The zero-order valence-electron chi connectivity index (χ0n) is 10.6. The molecule has 1 aromatic carbocycles. The van der Waals surface area contributed by atoms with Gasteiger partial charge in [-0.15, -0.1) is 0 Å². The van der Waals surface area contributed by atoms with Crippen molar-refractivity contribution in [2.75, 3.05) is 0 Å². The zero-order chi connectivity index (χ0) is 11.5. The molecule has 0 N–H and O–H groups in total. The lowest BCUT2D eigenvalue weighted by Crippen LogP contribution is -2.19. The molecule has 0 aromatic heterocycles. The van der Waals surface area contributed by atoms with Gasteiger partial charge >= 0.3 is 0 Å². The molecule has 0 unspecified atom stereocenters. The third-order valence-corrected chi connectivity index (χ3v) is 3.85. The first-order chi connectivity index (χ1) is 6.90. The fraction of sp³-hybridized carbons (Fsp3) is 0.429. The van der Waals surface area contributed by atoms with E-state index in [1.165, 1.54) is 17.2 Å². The third-order valence-electron chi connectivity index (χ3n) is 2.43. The number of hydrogen-bond donors (Lipinski definition) is 0. The molecule has 0 heterocycles. The van der Waals surface area contributed by atoms with Crippen molar-refractivity contribution in [2.24, 2.45) is 0 Å². The van der Waals surface area contributed by atoms with Gasteiger partial charge < -0.3 is 0 Å². The Balaban J connectivity index is 3.02. The SMILES string of the molecule is CC(C)=C(C[Si](C)(C)C)c1ccccc1. The molecular formula is C14H22Si. The molecule has 0 atom stereocenters. The van der Waals surface area contributed by atoms with Crippen molar-refractivity contribution >= 4 is 13.6 Å². The van der Waals surface area contributed by atoms with E-state index in [1.54, 1.807) is 5.57 Å². The summed E-state index contributed by atoms with van der Waals surface area (Å²) >= 11 is 0. The average Bonchev–Trinajstić information content (AvgIpc) is 2.14. The summed E-state index contributed by atoms with van der Waals surface area (Å²) < 4.78 is 0. The average molecular weight is 218 g/mol. The molecule has 0 aliphatic rings. The van der Waals surface area contributed by atoms with E-state index < -0.39 is 8.07 Å². The molecule has 0 aliphatic heterocycles. The van der Waals surface area contributed by atoms with Crippen LogP contribution in [0, 0.1) is 0 Å². The second-order valence-corrected chi connectivity index (χ2v) is 11.1. The first-order valence-electron chi connectivity index (χ1n) is 5.62. The maximum atomic E-state index is 2.43. The van der Waals surface area contributed by atoms with E-state index in [2.05, 4.69) is 63.8 Å². The van der Waals surface area contributed by atoms with Crippen molar-refractivity contribution in [1.82, 2.24) is 0 Å². The third kappa shape index (κ3) is 4.04. The number of rotatable bonds is 3. The topological polar surface area (TPSA) is 0 Å². The number of benzene rings is 1. The molecule has 0 saturated heterocycles. The molecule has 0 aliphatic carbocycles. The zero-order valence-corrected chi connectivity index (χ0v) is 11.6. The summed E-state index contributed by atoms with van der Waals surface area (Å²) in [7, 11) is -1.02. The molecule has 0 fully saturated rings. The van der Waals surface area contributed by atoms with E-state index in [9.17, 15) is 0 Å². The first kappa shape index (κ1) is 12.2. The van der Waals surface area contributed by atoms with Crippen LogP contribution < -0.4 is 0 Å². The minimum atomic E-state index is -1.02. The van der Waals surface area contributed by atoms with Crippen molar-refractivity contribution in [3.63, 3.8) is 0 Å². The summed E-state index contributed by atoms with van der Waals surface area (Å²) in [6.45, 7) is 11.7. The lowest BCUT2D eigenvalue weighted by molar-refractivity contribution is 1.34. The first-order valence-corrected chi connectivity index (χ1v) is 9.32. The summed E-state index contributed by atoms with van der Waals surface area (Å²) in [6, 6.07) is 12.1. The van der Waals surface area contributed by atoms with Gasteiger partial charge in [-0.05, 0) is 31.0 Å². The monoisotopic (exact) mass is 218 g/mol. The Morgan fingerprint density at radius 3 is 1.93 bits per heavy atom. The largest absolute Gasteiger partial charge is 0.0729 e. The van der Waals surface area contributed by atoms with Gasteiger partial charge in [0, 0.05) is 8.07 Å². The van der Waals surface area contributed by atoms with Gasteiger partial charge in [0.25, 0.3) is 0 Å². The molecule has 0 spiro atoms. The van der Waals surface area contributed by atoms with Gasteiger partial charge in [-0.3, -0.25) is 0 Å². The van der Waals surface area contributed by atoms with Gasteiger partial charge in [-0.2, -0.15) is 0 Å². The van der Waals surface area contributed by atoms with E-state index in [0.717, 1.165) is 0 Å². The summed E-state index contributed by atoms with van der Waals surface area (Å²) in [5.41, 5.74) is 4.42. The van der Waals surface area contributed by atoms with Crippen molar-refractivity contribution in [2.45, 2.75) is 39.5 Å². The highest BCUT2D eigenvalue weighted by molar-refractivity contribution is 6.77. The van der Waals surface area contributed by atoms with E-state index in [-0.39, 0.29) is 0 Å². The van der Waals surface area contributed by atoms with Crippen LogP contribution in [0.2, 0.25) is 25.7 Å². The molecule has 0 amide bonds. The lowest BCUT2D eigenvalue weighted by Gasteiger charge is -2.20. The fourth-order valence-electron chi connectivity index (χ4n) is 1.74. The van der Waals surface area contributed by atoms with E-state index in [0.29, 0.717) is 0 Å². The van der Waals surface area contributed by atoms with Crippen LogP contribution >= 0.6 is 0 Å². The van der Waals surface area contributed by atoms with Crippen molar-refractivity contribution in [3.05, 3.63) is 41.5 Å². The predicted octanol–water partition coefficient (Wildman–Crippen LogP) is 4.82. The Morgan fingerprint density at radius 2 is 1.53 bits per heavy atom. The Kier molecular flexibility index (Phi) is 3.92. The minimum absolute atomic E-state index is 1.02. The molecule has 0 bridgehead atoms. The Bertz CT molecular complexity index is 337. The van der Waals surface area contributed by atoms with Crippen molar-refractivity contribution in [3.8, 4) is 0 Å². The molecule has 82 valence electrons. The second-order valence-electron chi connectivity index (χ2n) is 5.58. The van der Waals surface area contributed by atoms with Gasteiger partial charge in [-0.25, -0.2) is 0 Å². The second kappa shape index (κ2) is 4.80. The van der Waals surface area contributed by atoms with E-state index in [1.807, 2.05) is 0 Å². The van der Waals surface area contributed by atoms with E-state index >= 15 is 0 Å². The van der Waals surface area contributed by atoms with Gasteiger partial charge in [0.1, 0.15) is 0 Å². The van der Waals surface area contributed by atoms with Crippen LogP contribution in [0.4, 0.5) is 0 Å². The van der Waals surface area contributed by atoms with Gasteiger partial charge in [0.2, 0.25) is 0 Å². The van der Waals surface area contributed by atoms with Crippen LogP contribution in [0.5, 0.6) is 0 Å². The maximum Gasteiger partial charge on any atom is 0.0487 e. The summed E-state index contributed by atoms with van der Waals surface area (Å²) in [6.07, 6.45) is 0. The summed E-state index contributed by atoms with van der Waals surface area (Å²) in [4.78, 5) is 0. The molecule has 1 aromatic rings. The molecule has 0 nitrogen and oxygen atoms in total. The molecule has 1 heteroatoms. The quantitative estimate of drug-likeness (QED) is 0.638. The van der Waals surface area contributed by atoms with Gasteiger partial charge in [0.15, 0.2) is 0 Å². The van der Waals surface area contributed by atoms with Crippen molar-refractivity contribution < 1.29 is 0 Å². The molecular weight excluding hydrogens is 196 g/mol. The molecule has 0 radical (unpaired) electrons. The molecule has 15 heavy (non-hydrogen) atoms. The van der Waals surface area contributed by atoms with Crippen LogP contribution in [0.25, 0.3) is 5.57 Å². The maximum absolute atomic E-state index is 2.43. The Labute approximate surface area is 95.0 Å². The summed E-state index contributed by atoms with van der Waals surface area (Å²) in [5, 5.41) is 0. The van der Waals surface area contributed by atoms with Crippen LogP contribution in [-0.4, -0.2) is 8.07 Å². The highest BCUT2D eigenvalue weighted by Crippen LogP contribution is 2.28. The highest BCUT2D eigenvalue weighted by atomic mass is 28.3. The Morgan fingerprint density at radius 1 is 1.00 bits per heavy atom. The predicted molar refractivity (Wildman–Crippen MR) is 72.9 cm³/mol. The number of allylic oxidation sites excluding steroid dienone is 2. The fourth-order valence-corrected chi connectivity index (χ4v) is 3.36. The standard InChI is InChI=1S/C14H22Si/c1-12(2)14(11-15(3,4)5)13-9-7-6-8-10-13/h6-10H,11H2,1-5H3. The highest BCUT2D eigenvalue weighted by Gasteiger charge is 2.17. The van der Waals surface area contributed by atoms with Gasteiger partial charge in [0.05, 0.1) is 0 Å². The van der Waals surface area contributed by atoms with Crippen LogP contribution in [-0.2, 0) is 0 Å². The van der Waals surface area contributed by atoms with Crippen molar-refractivity contribution in [1.29, 1.82) is 0 Å².